The van der Waals surface area contributed by atoms with Crippen LogP contribution >= 0.6 is 0 Å². The second-order valence-electron chi connectivity index (χ2n) is 7.08. The predicted molar refractivity (Wildman–Crippen MR) is 106 cm³/mol. The van der Waals surface area contributed by atoms with Crippen LogP contribution in [0.3, 0.4) is 0 Å². The highest BCUT2D eigenvalue weighted by Gasteiger charge is 2.34. The van der Waals surface area contributed by atoms with Gasteiger partial charge in [-0.25, -0.2) is 0 Å². The van der Waals surface area contributed by atoms with E-state index < -0.39 is 6.10 Å². The molecule has 29 heavy (non-hydrogen) atoms. The molecule has 1 saturated heterocycles. The molecule has 0 unspecified atom stereocenters. The van der Waals surface area contributed by atoms with E-state index >= 15 is 0 Å². The van der Waals surface area contributed by atoms with Gasteiger partial charge in [0.2, 0.25) is 6.79 Å². The van der Waals surface area contributed by atoms with Crippen LogP contribution in [0.25, 0.3) is 0 Å². The van der Waals surface area contributed by atoms with Gasteiger partial charge in [-0.1, -0.05) is 6.07 Å². The zero-order valence-corrected chi connectivity index (χ0v) is 16.8. The molecular formula is C22H25NO6. The van der Waals surface area contributed by atoms with Gasteiger partial charge in [-0.05, 0) is 49.6 Å². The highest BCUT2D eigenvalue weighted by Crippen LogP contribution is 2.38. The first-order chi connectivity index (χ1) is 14.1. The molecule has 2 aliphatic rings. The largest absolute Gasteiger partial charge is 0.493 e. The van der Waals surface area contributed by atoms with E-state index in [1.54, 1.807) is 39.3 Å². The summed E-state index contributed by atoms with van der Waals surface area (Å²) in [6.07, 6.45) is 1.23. The van der Waals surface area contributed by atoms with E-state index in [4.69, 9.17) is 23.7 Å². The van der Waals surface area contributed by atoms with Gasteiger partial charge < -0.3 is 28.6 Å². The quantitative estimate of drug-likeness (QED) is 0.740. The Balaban J connectivity index is 1.48. The average molecular weight is 399 g/mol. The molecule has 154 valence electrons. The van der Waals surface area contributed by atoms with Gasteiger partial charge in [-0.15, -0.1) is 0 Å². The van der Waals surface area contributed by atoms with Crippen LogP contribution in [0.4, 0.5) is 0 Å². The lowest BCUT2D eigenvalue weighted by molar-refractivity contribution is -0.138. The number of methoxy groups -OCH3 is 2. The Labute approximate surface area is 170 Å². The van der Waals surface area contributed by atoms with Crippen molar-refractivity contribution < 1.29 is 28.5 Å². The van der Waals surface area contributed by atoms with E-state index in [0.29, 0.717) is 35.3 Å². The van der Waals surface area contributed by atoms with Gasteiger partial charge >= 0.3 is 0 Å². The van der Waals surface area contributed by atoms with Crippen molar-refractivity contribution in [2.45, 2.75) is 31.9 Å². The second kappa shape index (κ2) is 8.11. The topological polar surface area (TPSA) is 66.5 Å². The molecule has 0 bridgehead atoms. The summed E-state index contributed by atoms with van der Waals surface area (Å²) in [7, 11) is 3.22. The number of nitrogens with zero attached hydrogens (tertiary/aromatic N) is 1. The summed E-state index contributed by atoms with van der Waals surface area (Å²) in [5, 5.41) is 0. The Kier molecular flexibility index (Phi) is 5.38. The standard InChI is InChI=1S/C22H25NO6/c1-14(29-16-7-9-19-21(12-16)28-13-27-19)22(24)23-10-4-5-17(23)15-6-8-18(25-2)20(11-15)26-3/h6-9,11-12,14,17H,4-5,10,13H2,1-3H3/t14-,17+/m0/s1. The van der Waals surface area contributed by atoms with Gasteiger partial charge in [0, 0.05) is 12.6 Å². The number of rotatable bonds is 6. The summed E-state index contributed by atoms with van der Waals surface area (Å²) in [5.74, 6) is 3.19. The molecule has 2 heterocycles. The molecule has 2 aromatic carbocycles. The van der Waals surface area contributed by atoms with E-state index in [-0.39, 0.29) is 18.7 Å². The van der Waals surface area contributed by atoms with Crippen molar-refractivity contribution in [3.63, 3.8) is 0 Å². The maximum Gasteiger partial charge on any atom is 0.263 e. The molecule has 0 radical (unpaired) electrons. The molecule has 0 spiro atoms. The number of amides is 1. The molecule has 0 saturated carbocycles. The fourth-order valence-electron chi connectivity index (χ4n) is 3.88. The Morgan fingerprint density at radius 1 is 1.07 bits per heavy atom. The van der Waals surface area contributed by atoms with Crippen LogP contribution in [-0.4, -0.2) is 44.5 Å². The number of hydrogen-bond acceptors (Lipinski definition) is 6. The van der Waals surface area contributed by atoms with E-state index in [1.807, 2.05) is 23.1 Å². The first-order valence-corrected chi connectivity index (χ1v) is 9.69. The van der Waals surface area contributed by atoms with Crippen molar-refractivity contribution in [2.75, 3.05) is 27.6 Å². The number of carbonyl (C=O) groups is 1. The molecule has 0 aliphatic carbocycles. The summed E-state index contributed by atoms with van der Waals surface area (Å²) in [4.78, 5) is 15.0. The van der Waals surface area contributed by atoms with Crippen molar-refractivity contribution in [3.05, 3.63) is 42.0 Å². The summed E-state index contributed by atoms with van der Waals surface area (Å²) >= 11 is 0. The van der Waals surface area contributed by atoms with Gasteiger partial charge in [-0.3, -0.25) is 4.79 Å². The lowest BCUT2D eigenvalue weighted by Gasteiger charge is -2.28. The Bertz CT molecular complexity index is 899. The van der Waals surface area contributed by atoms with Crippen LogP contribution in [0.1, 0.15) is 31.4 Å². The number of likely N-dealkylation sites (tertiary alicyclic amines) is 1. The first-order valence-electron chi connectivity index (χ1n) is 9.69. The number of fused-ring (bicyclic) bond motifs is 1. The Morgan fingerprint density at radius 2 is 1.86 bits per heavy atom. The van der Waals surface area contributed by atoms with Crippen molar-refractivity contribution in [1.82, 2.24) is 4.90 Å². The molecule has 1 amide bonds. The molecule has 7 heteroatoms. The SMILES string of the molecule is COc1ccc([C@H]2CCCN2C(=O)[C@H](C)Oc2ccc3c(c2)OCO3)cc1OC. The summed E-state index contributed by atoms with van der Waals surface area (Å²) in [5.41, 5.74) is 1.03. The maximum absolute atomic E-state index is 13.1. The number of carbonyl (C=O) groups excluding carboxylic acids is 1. The van der Waals surface area contributed by atoms with Crippen LogP contribution < -0.4 is 23.7 Å². The molecule has 0 aromatic heterocycles. The smallest absolute Gasteiger partial charge is 0.263 e. The lowest BCUT2D eigenvalue weighted by atomic mass is 10.0. The molecule has 4 rings (SSSR count). The van der Waals surface area contributed by atoms with Gasteiger partial charge in [0.05, 0.1) is 20.3 Å². The number of hydrogen-bond donors (Lipinski definition) is 0. The molecular weight excluding hydrogens is 374 g/mol. The Morgan fingerprint density at radius 3 is 2.66 bits per heavy atom. The maximum atomic E-state index is 13.1. The second-order valence-corrected chi connectivity index (χ2v) is 7.08. The van der Waals surface area contributed by atoms with Gasteiger partial charge in [0.15, 0.2) is 29.1 Å². The Hall–Kier alpha value is -3.09. The normalized spacial score (nSPS) is 18.4. The molecule has 2 aromatic rings. The molecule has 2 aliphatic heterocycles. The van der Waals surface area contributed by atoms with Gasteiger partial charge in [0.25, 0.3) is 5.91 Å². The van der Waals surface area contributed by atoms with Crippen molar-refractivity contribution >= 4 is 5.91 Å². The third-order valence-corrected chi connectivity index (χ3v) is 5.33. The first kappa shape index (κ1) is 19.2. The van der Waals surface area contributed by atoms with Crippen LogP contribution in [0.15, 0.2) is 36.4 Å². The van der Waals surface area contributed by atoms with Crippen LogP contribution in [-0.2, 0) is 4.79 Å². The van der Waals surface area contributed by atoms with Crippen LogP contribution in [0.5, 0.6) is 28.7 Å². The predicted octanol–water partition coefficient (Wildman–Crippen LogP) is 3.56. The summed E-state index contributed by atoms with van der Waals surface area (Å²) < 4.78 is 27.3. The number of ether oxygens (including phenoxy) is 5. The summed E-state index contributed by atoms with van der Waals surface area (Å²) in [6, 6.07) is 11.1. The lowest BCUT2D eigenvalue weighted by Crippen LogP contribution is -2.40. The fourth-order valence-corrected chi connectivity index (χ4v) is 3.88. The van der Waals surface area contributed by atoms with Crippen LogP contribution in [0.2, 0.25) is 0 Å². The third kappa shape index (κ3) is 3.77. The highest BCUT2D eigenvalue weighted by molar-refractivity contribution is 5.81. The van der Waals surface area contributed by atoms with Crippen molar-refractivity contribution in [1.29, 1.82) is 0 Å². The molecule has 1 fully saturated rings. The van der Waals surface area contributed by atoms with E-state index in [9.17, 15) is 4.79 Å². The van der Waals surface area contributed by atoms with E-state index in [0.717, 1.165) is 18.4 Å². The summed E-state index contributed by atoms with van der Waals surface area (Å²) in [6.45, 7) is 2.68. The average Bonchev–Trinajstić information content (AvgIpc) is 3.41. The monoisotopic (exact) mass is 399 g/mol. The van der Waals surface area contributed by atoms with Crippen molar-refractivity contribution in [2.24, 2.45) is 0 Å². The van der Waals surface area contributed by atoms with E-state index in [2.05, 4.69) is 0 Å². The van der Waals surface area contributed by atoms with Gasteiger partial charge in [-0.2, -0.15) is 0 Å². The number of benzene rings is 2. The molecule has 7 nitrogen and oxygen atoms in total. The zero-order chi connectivity index (χ0) is 20.4. The minimum atomic E-state index is -0.615. The van der Waals surface area contributed by atoms with E-state index in [1.165, 1.54) is 0 Å². The minimum Gasteiger partial charge on any atom is -0.493 e. The van der Waals surface area contributed by atoms with Crippen LogP contribution in [0, 0.1) is 0 Å². The minimum absolute atomic E-state index is 0.00916. The molecule has 2 atom stereocenters. The fraction of sp³-hybridized carbons (Fsp3) is 0.409. The van der Waals surface area contributed by atoms with Crippen molar-refractivity contribution in [3.8, 4) is 28.7 Å². The third-order valence-electron chi connectivity index (χ3n) is 5.33. The molecule has 0 N–H and O–H groups in total. The highest BCUT2D eigenvalue weighted by atomic mass is 16.7. The zero-order valence-electron chi connectivity index (χ0n) is 16.8. The van der Waals surface area contributed by atoms with Gasteiger partial charge in [0.1, 0.15) is 5.75 Å².